The van der Waals surface area contributed by atoms with E-state index in [2.05, 4.69) is 34.5 Å². The van der Waals surface area contributed by atoms with Gasteiger partial charge in [-0.25, -0.2) is 4.79 Å². The fourth-order valence-corrected chi connectivity index (χ4v) is 4.39. The molecule has 0 aromatic heterocycles. The van der Waals surface area contributed by atoms with Gasteiger partial charge in [0.2, 0.25) is 0 Å². The Kier molecular flexibility index (Phi) is 6.14. The minimum atomic E-state index is -0.885. The number of nitrogens with zero attached hydrogens (tertiary/aromatic N) is 2. The fourth-order valence-electron chi connectivity index (χ4n) is 4.39. The van der Waals surface area contributed by atoms with E-state index in [0.717, 1.165) is 52.0 Å². The van der Waals surface area contributed by atoms with Crippen LogP contribution >= 0.6 is 0 Å². The number of likely N-dealkylation sites (tertiary alicyclic amines) is 2. The lowest BCUT2D eigenvalue weighted by molar-refractivity contribution is -0.136. The first-order valence-electron chi connectivity index (χ1n) is 9.57. The highest BCUT2D eigenvalue weighted by Gasteiger charge is 2.40. The second kappa shape index (κ2) is 8.54. The zero-order valence-electron chi connectivity index (χ0n) is 15.3. The van der Waals surface area contributed by atoms with E-state index >= 15 is 0 Å². The van der Waals surface area contributed by atoms with Gasteiger partial charge in [0.15, 0.2) is 0 Å². The van der Waals surface area contributed by atoms with Gasteiger partial charge in [-0.1, -0.05) is 30.3 Å². The predicted molar refractivity (Wildman–Crippen MR) is 99.8 cm³/mol. The minimum Gasteiger partial charge on any atom is -0.481 e. The summed E-state index contributed by atoms with van der Waals surface area (Å²) in [4.78, 5) is 27.4. The van der Waals surface area contributed by atoms with Crippen molar-refractivity contribution in [3.63, 3.8) is 0 Å². The van der Waals surface area contributed by atoms with E-state index in [9.17, 15) is 9.59 Å². The summed E-state index contributed by atoms with van der Waals surface area (Å²) in [5.74, 6) is -0.885. The van der Waals surface area contributed by atoms with Crippen molar-refractivity contribution in [2.45, 2.75) is 38.6 Å². The van der Waals surface area contributed by atoms with Crippen LogP contribution in [0, 0.1) is 5.41 Å². The molecule has 1 atom stereocenters. The van der Waals surface area contributed by atoms with E-state index in [0.29, 0.717) is 0 Å². The highest BCUT2D eigenvalue weighted by atomic mass is 16.4. The molecular formula is C20H29N3O3. The minimum absolute atomic E-state index is 0.0322. The molecule has 3 rings (SSSR count). The van der Waals surface area contributed by atoms with Gasteiger partial charge in [0.1, 0.15) is 0 Å². The SMILES string of the molecule is O=C(O)CCNC(=O)N1CCC[C@]2(CCCN(Cc3ccccc3)C2)C1. The van der Waals surface area contributed by atoms with Gasteiger partial charge in [0.05, 0.1) is 6.42 Å². The van der Waals surface area contributed by atoms with Crippen LogP contribution in [0.3, 0.4) is 0 Å². The summed E-state index contributed by atoms with van der Waals surface area (Å²) >= 11 is 0. The summed E-state index contributed by atoms with van der Waals surface area (Å²) < 4.78 is 0. The van der Waals surface area contributed by atoms with Gasteiger partial charge < -0.3 is 15.3 Å². The number of piperidine rings is 2. The van der Waals surface area contributed by atoms with Gasteiger partial charge in [-0.3, -0.25) is 9.69 Å². The fraction of sp³-hybridized carbons (Fsp3) is 0.600. The van der Waals surface area contributed by atoms with Crippen LogP contribution in [0.2, 0.25) is 0 Å². The second-order valence-corrected chi connectivity index (χ2v) is 7.70. The van der Waals surface area contributed by atoms with Crippen LogP contribution in [0.4, 0.5) is 4.79 Å². The van der Waals surface area contributed by atoms with Gasteiger partial charge in [0.25, 0.3) is 0 Å². The number of rotatable bonds is 5. The number of nitrogens with one attached hydrogen (secondary N) is 1. The molecule has 26 heavy (non-hydrogen) atoms. The molecule has 2 aliphatic rings. The Hall–Kier alpha value is -2.08. The maximum atomic E-state index is 12.4. The molecule has 6 nitrogen and oxygen atoms in total. The van der Waals surface area contributed by atoms with Crippen molar-refractivity contribution in [3.05, 3.63) is 35.9 Å². The van der Waals surface area contributed by atoms with Crippen molar-refractivity contribution in [3.8, 4) is 0 Å². The molecular weight excluding hydrogens is 330 g/mol. The highest BCUT2D eigenvalue weighted by Crippen LogP contribution is 2.38. The summed E-state index contributed by atoms with van der Waals surface area (Å²) in [6.45, 7) is 4.84. The number of carboxylic acids is 1. The van der Waals surface area contributed by atoms with E-state index in [1.54, 1.807) is 0 Å². The maximum absolute atomic E-state index is 12.4. The largest absolute Gasteiger partial charge is 0.481 e. The summed E-state index contributed by atoms with van der Waals surface area (Å²) in [6, 6.07) is 10.4. The molecule has 0 unspecified atom stereocenters. The first-order chi connectivity index (χ1) is 12.6. The molecule has 1 spiro atoms. The lowest BCUT2D eigenvalue weighted by Crippen LogP contribution is -2.55. The zero-order valence-corrected chi connectivity index (χ0v) is 15.3. The van der Waals surface area contributed by atoms with Crippen LogP contribution in [0.5, 0.6) is 0 Å². The van der Waals surface area contributed by atoms with Crippen LogP contribution in [0.1, 0.15) is 37.7 Å². The molecule has 1 aromatic rings. The molecule has 6 heteroatoms. The summed E-state index contributed by atoms with van der Waals surface area (Å²) in [5.41, 5.74) is 1.51. The molecule has 2 fully saturated rings. The molecule has 2 saturated heterocycles. The van der Waals surface area contributed by atoms with Gasteiger partial charge >= 0.3 is 12.0 Å². The number of carboxylic acid groups (broad SMARTS) is 1. The highest BCUT2D eigenvalue weighted by molar-refractivity contribution is 5.75. The Labute approximate surface area is 155 Å². The monoisotopic (exact) mass is 359 g/mol. The molecule has 0 radical (unpaired) electrons. The molecule has 0 bridgehead atoms. The van der Waals surface area contributed by atoms with E-state index in [4.69, 9.17) is 5.11 Å². The first kappa shape index (κ1) is 18.7. The van der Waals surface area contributed by atoms with Crippen LogP contribution in [0.25, 0.3) is 0 Å². The summed E-state index contributed by atoms with van der Waals surface area (Å²) in [6.07, 6.45) is 4.48. The average Bonchev–Trinajstić information content (AvgIpc) is 2.62. The Bertz CT molecular complexity index is 618. The maximum Gasteiger partial charge on any atom is 0.317 e. The van der Waals surface area contributed by atoms with Crippen molar-refractivity contribution in [2.75, 3.05) is 32.7 Å². The summed E-state index contributed by atoms with van der Waals surface area (Å²) in [5, 5.41) is 11.5. The quantitative estimate of drug-likeness (QED) is 0.847. The number of urea groups is 1. The Balaban J connectivity index is 1.56. The van der Waals surface area contributed by atoms with Crippen molar-refractivity contribution >= 4 is 12.0 Å². The number of hydrogen-bond donors (Lipinski definition) is 2. The number of carbonyl (C=O) groups is 2. The Morgan fingerprint density at radius 1 is 1.08 bits per heavy atom. The van der Waals surface area contributed by atoms with Crippen molar-refractivity contribution < 1.29 is 14.7 Å². The van der Waals surface area contributed by atoms with E-state index in [1.807, 2.05) is 11.0 Å². The smallest absolute Gasteiger partial charge is 0.317 e. The lowest BCUT2D eigenvalue weighted by Gasteiger charge is -2.48. The molecule has 2 heterocycles. The molecule has 1 aromatic carbocycles. The molecule has 0 saturated carbocycles. The van der Waals surface area contributed by atoms with Gasteiger partial charge in [-0.05, 0) is 37.8 Å². The van der Waals surface area contributed by atoms with Crippen LogP contribution in [0.15, 0.2) is 30.3 Å². The predicted octanol–water partition coefficient (Wildman–Crippen LogP) is 2.55. The molecule has 2 aliphatic heterocycles. The number of hydrogen-bond acceptors (Lipinski definition) is 3. The van der Waals surface area contributed by atoms with Crippen molar-refractivity contribution in [2.24, 2.45) is 5.41 Å². The van der Waals surface area contributed by atoms with Gasteiger partial charge in [-0.2, -0.15) is 0 Å². The van der Waals surface area contributed by atoms with E-state index in [-0.39, 0.29) is 24.4 Å². The zero-order chi connectivity index (χ0) is 18.4. The standard InChI is InChI=1S/C20H29N3O3/c24-18(25)8-11-21-19(26)23-13-5-10-20(16-23)9-4-12-22(15-20)14-17-6-2-1-3-7-17/h1-3,6-7H,4-5,8-16H2,(H,21,26)(H,24,25)/t20-/m0/s1. The van der Waals surface area contributed by atoms with E-state index in [1.165, 1.54) is 12.0 Å². The molecule has 2 amide bonds. The molecule has 142 valence electrons. The topological polar surface area (TPSA) is 72.9 Å². The third-order valence-corrected chi connectivity index (χ3v) is 5.55. The van der Waals surface area contributed by atoms with Crippen LogP contribution in [-0.4, -0.2) is 59.6 Å². The number of carbonyl (C=O) groups excluding carboxylic acids is 1. The second-order valence-electron chi connectivity index (χ2n) is 7.70. The number of aliphatic carboxylic acids is 1. The van der Waals surface area contributed by atoms with Gasteiger partial charge in [-0.15, -0.1) is 0 Å². The van der Waals surface area contributed by atoms with Crippen molar-refractivity contribution in [1.29, 1.82) is 0 Å². The van der Waals surface area contributed by atoms with Crippen LogP contribution < -0.4 is 5.32 Å². The Morgan fingerprint density at radius 3 is 2.54 bits per heavy atom. The average molecular weight is 359 g/mol. The summed E-state index contributed by atoms with van der Waals surface area (Å²) in [7, 11) is 0. The van der Waals surface area contributed by atoms with E-state index < -0.39 is 5.97 Å². The lowest BCUT2D eigenvalue weighted by atomic mass is 9.73. The molecule has 0 aliphatic carbocycles. The third kappa shape index (κ3) is 4.97. The first-order valence-corrected chi connectivity index (χ1v) is 9.57. The number of benzene rings is 1. The van der Waals surface area contributed by atoms with Gasteiger partial charge in [0, 0.05) is 38.1 Å². The van der Waals surface area contributed by atoms with Crippen LogP contribution in [-0.2, 0) is 11.3 Å². The number of amides is 2. The third-order valence-electron chi connectivity index (χ3n) is 5.55. The Morgan fingerprint density at radius 2 is 1.81 bits per heavy atom. The normalized spacial score (nSPS) is 23.8. The van der Waals surface area contributed by atoms with Crippen molar-refractivity contribution in [1.82, 2.24) is 15.1 Å². The molecule has 2 N–H and O–H groups in total.